The quantitative estimate of drug-likeness (QED) is 0.920. The maximum atomic E-state index is 12.2. The number of aromatic nitrogens is 1. The molecule has 0 spiro atoms. The molecule has 1 aromatic rings. The van der Waals surface area contributed by atoms with Crippen LogP contribution in [0, 0.1) is 17.8 Å². The summed E-state index contributed by atoms with van der Waals surface area (Å²) in [7, 11) is 0. The second-order valence-corrected chi connectivity index (χ2v) is 7.87. The number of amides is 1. The van der Waals surface area contributed by atoms with Crippen molar-refractivity contribution in [3.05, 3.63) is 10.6 Å². The van der Waals surface area contributed by atoms with Crippen LogP contribution in [0.3, 0.4) is 0 Å². The molecule has 1 amide bonds. The Morgan fingerprint density at radius 3 is 2.90 bits per heavy atom. The number of nitrogens with zero attached hydrogens (tertiary/aromatic N) is 1. The molecule has 2 fully saturated rings. The Morgan fingerprint density at radius 1 is 1.25 bits per heavy atom. The first-order valence-electron chi connectivity index (χ1n) is 8.06. The molecule has 0 aliphatic heterocycles. The maximum Gasteiger partial charge on any atom is 0.226 e. The average molecular weight is 290 g/mol. The van der Waals surface area contributed by atoms with E-state index in [0.717, 1.165) is 29.8 Å². The van der Waals surface area contributed by atoms with E-state index in [9.17, 15) is 4.79 Å². The molecule has 4 heteroatoms. The molecule has 108 valence electrons. The first-order chi connectivity index (χ1) is 9.78. The third kappa shape index (κ3) is 2.39. The number of carbonyl (C=O) groups excluding carboxylic acids is 1. The Morgan fingerprint density at radius 2 is 2.15 bits per heavy atom. The van der Waals surface area contributed by atoms with E-state index in [2.05, 4.69) is 10.3 Å². The molecule has 20 heavy (non-hydrogen) atoms. The van der Waals surface area contributed by atoms with E-state index in [1.165, 1.54) is 49.1 Å². The van der Waals surface area contributed by atoms with Crippen molar-refractivity contribution in [3.63, 3.8) is 0 Å². The van der Waals surface area contributed by atoms with Crippen molar-refractivity contribution in [1.29, 1.82) is 0 Å². The molecular weight excluding hydrogens is 268 g/mol. The standard InChI is InChI=1S/C16H22N2OS/c19-15(9-12-8-10-5-6-11(12)7-10)18-16-17-13-3-1-2-4-14(13)20-16/h10-12H,1-9H2,(H,17,18,19)/t10-,11+,12-/m0/s1. The molecule has 0 aromatic carbocycles. The van der Waals surface area contributed by atoms with Gasteiger partial charge in [0.25, 0.3) is 0 Å². The van der Waals surface area contributed by atoms with E-state index < -0.39 is 0 Å². The molecule has 3 aliphatic rings. The van der Waals surface area contributed by atoms with Crippen LogP contribution >= 0.6 is 11.3 Å². The molecular formula is C16H22N2OS. The summed E-state index contributed by atoms with van der Waals surface area (Å²) < 4.78 is 0. The van der Waals surface area contributed by atoms with E-state index >= 15 is 0 Å². The second kappa shape index (κ2) is 5.14. The molecule has 2 saturated carbocycles. The van der Waals surface area contributed by atoms with Crippen LogP contribution in [-0.4, -0.2) is 10.9 Å². The van der Waals surface area contributed by atoms with E-state index in [1.807, 2.05) is 0 Å². The smallest absolute Gasteiger partial charge is 0.226 e. The van der Waals surface area contributed by atoms with Gasteiger partial charge in [0.05, 0.1) is 5.69 Å². The lowest BCUT2D eigenvalue weighted by molar-refractivity contribution is -0.117. The van der Waals surface area contributed by atoms with Gasteiger partial charge in [0, 0.05) is 11.3 Å². The van der Waals surface area contributed by atoms with Gasteiger partial charge in [0.1, 0.15) is 0 Å². The van der Waals surface area contributed by atoms with Crippen LogP contribution in [0.15, 0.2) is 0 Å². The van der Waals surface area contributed by atoms with E-state index in [1.54, 1.807) is 11.3 Å². The van der Waals surface area contributed by atoms with Crippen LogP contribution < -0.4 is 5.32 Å². The first-order valence-corrected chi connectivity index (χ1v) is 8.88. The lowest BCUT2D eigenvalue weighted by Gasteiger charge is -2.20. The summed E-state index contributed by atoms with van der Waals surface area (Å²) in [5.41, 5.74) is 1.23. The van der Waals surface area contributed by atoms with E-state index in [0.29, 0.717) is 12.3 Å². The number of fused-ring (bicyclic) bond motifs is 3. The highest BCUT2D eigenvalue weighted by molar-refractivity contribution is 7.15. The molecule has 0 radical (unpaired) electrons. The number of carbonyl (C=O) groups is 1. The van der Waals surface area contributed by atoms with Crippen LogP contribution in [0.5, 0.6) is 0 Å². The highest BCUT2D eigenvalue weighted by Gasteiger charge is 2.40. The Hall–Kier alpha value is -0.900. The Labute approximate surface area is 124 Å². The molecule has 3 aliphatic carbocycles. The zero-order valence-corrected chi connectivity index (χ0v) is 12.7. The Kier molecular flexibility index (Phi) is 3.29. The van der Waals surface area contributed by atoms with Crippen molar-refractivity contribution in [3.8, 4) is 0 Å². The highest BCUT2D eigenvalue weighted by Crippen LogP contribution is 2.49. The number of anilines is 1. The Bertz CT molecular complexity index is 501. The number of aryl methyl sites for hydroxylation is 2. The number of hydrogen-bond acceptors (Lipinski definition) is 3. The number of thiazole rings is 1. The van der Waals surface area contributed by atoms with Crippen LogP contribution in [0.2, 0.25) is 0 Å². The van der Waals surface area contributed by atoms with Crippen LogP contribution in [-0.2, 0) is 17.6 Å². The molecule has 0 unspecified atom stereocenters. The average Bonchev–Trinajstić information content (AvgIpc) is 3.11. The minimum Gasteiger partial charge on any atom is -0.302 e. The summed E-state index contributed by atoms with van der Waals surface area (Å²) >= 11 is 1.69. The van der Waals surface area contributed by atoms with Gasteiger partial charge >= 0.3 is 0 Å². The van der Waals surface area contributed by atoms with Gasteiger partial charge in [-0.05, 0) is 62.7 Å². The molecule has 1 aromatic heterocycles. The van der Waals surface area contributed by atoms with Gasteiger partial charge in [-0.25, -0.2) is 4.98 Å². The number of rotatable bonds is 3. The monoisotopic (exact) mass is 290 g/mol. The number of nitrogens with one attached hydrogen (secondary N) is 1. The molecule has 0 saturated heterocycles. The van der Waals surface area contributed by atoms with Gasteiger partial charge in [-0.3, -0.25) is 4.79 Å². The molecule has 3 atom stereocenters. The van der Waals surface area contributed by atoms with Gasteiger partial charge < -0.3 is 5.32 Å². The van der Waals surface area contributed by atoms with Crippen LogP contribution in [0.4, 0.5) is 5.13 Å². The lowest BCUT2D eigenvalue weighted by Crippen LogP contribution is -2.20. The van der Waals surface area contributed by atoms with Crippen LogP contribution in [0.25, 0.3) is 0 Å². The highest BCUT2D eigenvalue weighted by atomic mass is 32.1. The summed E-state index contributed by atoms with van der Waals surface area (Å²) in [6, 6.07) is 0. The van der Waals surface area contributed by atoms with Crippen molar-refractivity contribution in [1.82, 2.24) is 4.98 Å². The lowest BCUT2D eigenvalue weighted by atomic mass is 9.86. The second-order valence-electron chi connectivity index (χ2n) is 6.78. The molecule has 2 bridgehead atoms. The summed E-state index contributed by atoms with van der Waals surface area (Å²) in [4.78, 5) is 18.2. The van der Waals surface area contributed by atoms with Gasteiger partial charge in [-0.15, -0.1) is 11.3 Å². The Balaban J connectivity index is 1.36. The minimum absolute atomic E-state index is 0.189. The third-order valence-corrected chi connectivity index (χ3v) is 6.50. The van der Waals surface area contributed by atoms with Crippen molar-refractivity contribution >= 4 is 22.4 Å². The maximum absolute atomic E-state index is 12.2. The van der Waals surface area contributed by atoms with Crippen molar-refractivity contribution in [2.24, 2.45) is 17.8 Å². The fourth-order valence-electron chi connectivity index (χ4n) is 4.44. The van der Waals surface area contributed by atoms with Crippen molar-refractivity contribution < 1.29 is 4.79 Å². The first kappa shape index (κ1) is 12.8. The van der Waals surface area contributed by atoms with Gasteiger partial charge in [-0.1, -0.05) is 6.42 Å². The SMILES string of the molecule is O=C(C[C@@H]1C[C@H]2CC[C@@H]1C2)Nc1nc2c(s1)CCCC2. The number of hydrogen-bond donors (Lipinski definition) is 1. The zero-order chi connectivity index (χ0) is 13.5. The zero-order valence-electron chi connectivity index (χ0n) is 11.9. The fourth-order valence-corrected chi connectivity index (χ4v) is 5.51. The largest absolute Gasteiger partial charge is 0.302 e. The van der Waals surface area contributed by atoms with Crippen LogP contribution in [0.1, 0.15) is 55.5 Å². The summed E-state index contributed by atoms with van der Waals surface area (Å²) in [5.74, 6) is 2.58. The molecule has 1 heterocycles. The molecule has 3 nitrogen and oxygen atoms in total. The van der Waals surface area contributed by atoms with Gasteiger partial charge in [0.2, 0.25) is 5.91 Å². The van der Waals surface area contributed by atoms with Crippen molar-refractivity contribution in [2.45, 2.75) is 57.8 Å². The van der Waals surface area contributed by atoms with Gasteiger partial charge in [0.15, 0.2) is 5.13 Å². The van der Waals surface area contributed by atoms with E-state index in [-0.39, 0.29) is 5.91 Å². The van der Waals surface area contributed by atoms with Crippen molar-refractivity contribution in [2.75, 3.05) is 5.32 Å². The fraction of sp³-hybridized carbons (Fsp3) is 0.750. The summed E-state index contributed by atoms with van der Waals surface area (Å²) in [6.07, 6.45) is 10.9. The van der Waals surface area contributed by atoms with E-state index in [4.69, 9.17) is 0 Å². The molecule has 4 rings (SSSR count). The summed E-state index contributed by atoms with van der Waals surface area (Å²) in [5, 5.41) is 3.89. The normalized spacial score (nSPS) is 31.3. The molecule has 1 N–H and O–H groups in total. The predicted molar refractivity (Wildman–Crippen MR) is 80.9 cm³/mol. The minimum atomic E-state index is 0.189. The van der Waals surface area contributed by atoms with Gasteiger partial charge in [-0.2, -0.15) is 0 Å². The predicted octanol–water partition coefficient (Wildman–Crippen LogP) is 3.79. The topological polar surface area (TPSA) is 42.0 Å². The third-order valence-electron chi connectivity index (χ3n) is 5.42. The summed E-state index contributed by atoms with van der Waals surface area (Å²) in [6.45, 7) is 0.